The highest BCUT2D eigenvalue weighted by Gasteiger charge is 2.43. The molecular weight excluding hydrogens is 428 g/mol. The zero-order valence-corrected chi connectivity index (χ0v) is 18.9. The van der Waals surface area contributed by atoms with Crippen LogP contribution in [0.25, 0.3) is 0 Å². The van der Waals surface area contributed by atoms with Crippen molar-refractivity contribution in [2.75, 3.05) is 26.1 Å². The average Bonchev–Trinajstić information content (AvgIpc) is 3.06. The van der Waals surface area contributed by atoms with E-state index in [1.165, 1.54) is 14.2 Å². The topological polar surface area (TPSA) is 111 Å². The largest absolute Gasteiger partial charge is 0.497 e. The standard InChI is InChI=1S/C24H26N2O7/c1-14(2)11-19(26-22(28)16-7-5-6-8-17(16)23(26)29)24(30)33-13-21(27)25-18-10-9-15(31-3)12-20(18)32-4/h5-10,12,14,19H,11,13H2,1-4H3,(H,25,27)/t19-/m0/s1. The molecule has 0 aliphatic carbocycles. The normalized spacial score (nSPS) is 13.5. The Labute approximate surface area is 191 Å². The lowest BCUT2D eigenvalue weighted by atomic mass is 10.0. The summed E-state index contributed by atoms with van der Waals surface area (Å²) in [6.45, 7) is 3.13. The maximum Gasteiger partial charge on any atom is 0.329 e. The Hall–Kier alpha value is -3.88. The number of anilines is 1. The fraction of sp³-hybridized carbons (Fsp3) is 0.333. The van der Waals surface area contributed by atoms with E-state index in [0.717, 1.165) is 4.90 Å². The summed E-state index contributed by atoms with van der Waals surface area (Å²) in [5, 5.41) is 2.60. The second-order valence-corrected chi connectivity index (χ2v) is 7.89. The monoisotopic (exact) mass is 454 g/mol. The predicted molar refractivity (Wildman–Crippen MR) is 119 cm³/mol. The van der Waals surface area contributed by atoms with Crippen molar-refractivity contribution >= 4 is 29.4 Å². The van der Waals surface area contributed by atoms with Crippen LogP contribution in [-0.4, -0.2) is 55.5 Å². The first-order chi connectivity index (χ1) is 15.8. The number of methoxy groups -OCH3 is 2. The van der Waals surface area contributed by atoms with Crippen LogP contribution in [0.4, 0.5) is 5.69 Å². The van der Waals surface area contributed by atoms with Gasteiger partial charge in [0.25, 0.3) is 17.7 Å². The molecule has 174 valence electrons. The summed E-state index contributed by atoms with van der Waals surface area (Å²) in [6.07, 6.45) is 0.207. The third kappa shape index (κ3) is 5.14. The van der Waals surface area contributed by atoms with Gasteiger partial charge in [0.2, 0.25) is 0 Å². The first-order valence-electron chi connectivity index (χ1n) is 10.4. The van der Waals surface area contributed by atoms with Crippen molar-refractivity contribution in [2.45, 2.75) is 26.3 Å². The Morgan fingerprint density at radius 1 is 0.970 bits per heavy atom. The molecular formula is C24H26N2O7. The molecule has 1 aliphatic heterocycles. The molecule has 1 aliphatic rings. The highest BCUT2D eigenvalue weighted by Crippen LogP contribution is 2.29. The van der Waals surface area contributed by atoms with E-state index in [0.29, 0.717) is 17.2 Å². The van der Waals surface area contributed by atoms with Gasteiger partial charge in [0, 0.05) is 6.07 Å². The van der Waals surface area contributed by atoms with Crippen LogP contribution >= 0.6 is 0 Å². The van der Waals surface area contributed by atoms with Crippen LogP contribution < -0.4 is 14.8 Å². The number of amides is 3. The third-order valence-electron chi connectivity index (χ3n) is 5.13. The number of nitrogens with one attached hydrogen (secondary N) is 1. The number of hydrogen-bond donors (Lipinski definition) is 1. The lowest BCUT2D eigenvalue weighted by Crippen LogP contribution is -2.46. The van der Waals surface area contributed by atoms with Gasteiger partial charge in [0.05, 0.1) is 31.0 Å². The van der Waals surface area contributed by atoms with Gasteiger partial charge in [-0.2, -0.15) is 0 Å². The molecule has 0 aromatic heterocycles. The SMILES string of the molecule is COc1ccc(NC(=O)COC(=O)[C@H](CC(C)C)N2C(=O)c3ccccc3C2=O)c(OC)c1. The van der Waals surface area contributed by atoms with Crippen molar-refractivity contribution in [3.63, 3.8) is 0 Å². The fourth-order valence-electron chi connectivity index (χ4n) is 3.57. The average molecular weight is 454 g/mol. The van der Waals surface area contributed by atoms with Gasteiger partial charge in [-0.05, 0) is 36.6 Å². The number of fused-ring (bicyclic) bond motifs is 1. The minimum Gasteiger partial charge on any atom is -0.497 e. The summed E-state index contributed by atoms with van der Waals surface area (Å²) < 4.78 is 15.6. The van der Waals surface area contributed by atoms with E-state index in [9.17, 15) is 19.2 Å². The number of nitrogens with zero attached hydrogens (tertiary/aromatic N) is 1. The molecule has 0 fully saturated rings. The van der Waals surface area contributed by atoms with Crippen LogP contribution in [0.1, 0.15) is 41.0 Å². The lowest BCUT2D eigenvalue weighted by molar-refractivity contribution is -0.151. The van der Waals surface area contributed by atoms with Gasteiger partial charge >= 0.3 is 5.97 Å². The summed E-state index contributed by atoms with van der Waals surface area (Å²) in [4.78, 5) is 51.9. The first-order valence-corrected chi connectivity index (χ1v) is 10.4. The summed E-state index contributed by atoms with van der Waals surface area (Å²) in [7, 11) is 2.96. The predicted octanol–water partition coefficient (Wildman–Crippen LogP) is 2.90. The highest BCUT2D eigenvalue weighted by atomic mass is 16.5. The first kappa shape index (κ1) is 23.8. The molecule has 2 aromatic carbocycles. The molecule has 0 radical (unpaired) electrons. The van der Waals surface area contributed by atoms with Gasteiger partial charge in [-0.3, -0.25) is 19.3 Å². The second-order valence-electron chi connectivity index (χ2n) is 7.89. The lowest BCUT2D eigenvalue weighted by Gasteiger charge is -2.25. The Morgan fingerprint density at radius 3 is 2.15 bits per heavy atom. The Balaban J connectivity index is 1.70. The van der Waals surface area contributed by atoms with Gasteiger partial charge in [0.1, 0.15) is 17.5 Å². The molecule has 0 spiro atoms. The van der Waals surface area contributed by atoms with Crippen molar-refractivity contribution in [2.24, 2.45) is 5.92 Å². The molecule has 9 heteroatoms. The molecule has 0 bridgehead atoms. The molecule has 0 saturated heterocycles. The number of ether oxygens (including phenoxy) is 3. The van der Waals surface area contributed by atoms with Crippen molar-refractivity contribution in [3.05, 3.63) is 53.6 Å². The van der Waals surface area contributed by atoms with Crippen LogP contribution in [0.5, 0.6) is 11.5 Å². The van der Waals surface area contributed by atoms with Crippen molar-refractivity contribution in [1.82, 2.24) is 4.90 Å². The second kappa shape index (κ2) is 10.2. The highest BCUT2D eigenvalue weighted by molar-refractivity contribution is 6.22. The zero-order chi connectivity index (χ0) is 24.1. The van der Waals surface area contributed by atoms with E-state index in [1.807, 2.05) is 13.8 Å². The summed E-state index contributed by atoms with van der Waals surface area (Å²) >= 11 is 0. The molecule has 1 N–H and O–H groups in total. The van der Waals surface area contributed by atoms with Crippen molar-refractivity contribution < 1.29 is 33.4 Å². The smallest absolute Gasteiger partial charge is 0.329 e. The quantitative estimate of drug-likeness (QED) is 0.458. The van der Waals surface area contributed by atoms with E-state index in [1.54, 1.807) is 42.5 Å². The van der Waals surface area contributed by atoms with Gasteiger partial charge in [-0.15, -0.1) is 0 Å². The van der Waals surface area contributed by atoms with E-state index < -0.39 is 36.3 Å². The van der Waals surface area contributed by atoms with Gasteiger partial charge < -0.3 is 19.5 Å². The van der Waals surface area contributed by atoms with E-state index in [4.69, 9.17) is 14.2 Å². The van der Waals surface area contributed by atoms with Crippen LogP contribution in [0.15, 0.2) is 42.5 Å². The minimum absolute atomic E-state index is 0.00995. The van der Waals surface area contributed by atoms with E-state index in [2.05, 4.69) is 5.32 Å². The molecule has 1 heterocycles. The molecule has 3 rings (SSSR count). The zero-order valence-electron chi connectivity index (χ0n) is 18.9. The molecule has 2 aromatic rings. The molecule has 9 nitrogen and oxygen atoms in total. The number of rotatable bonds is 9. The van der Waals surface area contributed by atoms with Gasteiger partial charge in [0.15, 0.2) is 6.61 Å². The maximum absolute atomic E-state index is 12.9. The molecule has 0 unspecified atom stereocenters. The molecule has 3 amide bonds. The summed E-state index contributed by atoms with van der Waals surface area (Å²) in [6, 6.07) is 10.1. The number of hydrogen-bond acceptors (Lipinski definition) is 7. The molecule has 0 saturated carbocycles. The fourth-order valence-corrected chi connectivity index (χ4v) is 3.57. The van der Waals surface area contributed by atoms with E-state index in [-0.39, 0.29) is 23.5 Å². The number of benzene rings is 2. The molecule has 1 atom stereocenters. The Morgan fingerprint density at radius 2 is 1.61 bits per heavy atom. The van der Waals surface area contributed by atoms with Crippen LogP contribution in [0.3, 0.4) is 0 Å². The van der Waals surface area contributed by atoms with Crippen LogP contribution in [0, 0.1) is 5.92 Å². The number of carbonyl (C=O) groups excluding carboxylic acids is 4. The Kier molecular flexibility index (Phi) is 7.32. The van der Waals surface area contributed by atoms with Crippen LogP contribution in [-0.2, 0) is 14.3 Å². The summed E-state index contributed by atoms with van der Waals surface area (Å²) in [5.74, 6) is -1.61. The Bertz CT molecular complexity index is 1050. The minimum atomic E-state index is -1.14. The van der Waals surface area contributed by atoms with Gasteiger partial charge in [-0.1, -0.05) is 26.0 Å². The van der Waals surface area contributed by atoms with Crippen LogP contribution in [0.2, 0.25) is 0 Å². The van der Waals surface area contributed by atoms with E-state index >= 15 is 0 Å². The van der Waals surface area contributed by atoms with Gasteiger partial charge in [-0.25, -0.2) is 4.79 Å². The van der Waals surface area contributed by atoms with Crippen molar-refractivity contribution in [1.29, 1.82) is 0 Å². The summed E-state index contributed by atoms with van der Waals surface area (Å²) in [5.41, 5.74) is 0.861. The number of carbonyl (C=O) groups is 4. The third-order valence-corrected chi connectivity index (χ3v) is 5.13. The number of imide groups is 1. The van der Waals surface area contributed by atoms with Crippen molar-refractivity contribution in [3.8, 4) is 11.5 Å². The maximum atomic E-state index is 12.9. The number of esters is 1. The molecule has 33 heavy (non-hydrogen) atoms.